The third-order valence-electron chi connectivity index (χ3n) is 20.4. The molecule has 0 radical (unpaired) electrons. The van der Waals surface area contributed by atoms with Crippen LogP contribution in [0.4, 0.5) is 32.8 Å². The van der Waals surface area contributed by atoms with Crippen LogP contribution in [0.25, 0.3) is 84.5 Å². The molecule has 0 saturated carbocycles. The lowest BCUT2D eigenvalue weighted by Gasteiger charge is -2.11. The molecule has 20 rings (SSSR count). The minimum absolute atomic E-state index is 0.200. The smallest absolute Gasteiger partial charge is 0.274 e. The molecule has 0 bridgehead atoms. The van der Waals surface area contributed by atoms with E-state index in [-0.39, 0.29) is 33.6 Å². The molecule has 0 spiro atoms. The number of rotatable bonds is 23. The van der Waals surface area contributed by atoms with Gasteiger partial charge in [-0.3, -0.25) is 49.5 Å². The van der Waals surface area contributed by atoms with Gasteiger partial charge in [-0.05, 0) is 183 Å². The number of benzene rings is 8. The maximum absolute atomic E-state index is 12.9. The monoisotopic (exact) mass is 1830 g/mol. The first-order valence-electron chi connectivity index (χ1n) is 40.6. The average Bonchev–Trinajstić information content (AvgIpc) is 1.67. The lowest BCUT2D eigenvalue weighted by Crippen LogP contribution is -2.17. The zero-order chi connectivity index (χ0) is 91.2. The van der Waals surface area contributed by atoms with Gasteiger partial charge in [0, 0.05) is 74.1 Å². The minimum Gasteiger partial charge on any atom is -0.497 e. The van der Waals surface area contributed by atoms with E-state index >= 15 is 0 Å². The molecule has 660 valence electrons. The second kappa shape index (κ2) is 40.2. The van der Waals surface area contributed by atoms with Crippen molar-refractivity contribution in [3.05, 3.63) is 366 Å². The Morgan fingerprint density at radius 1 is 0.336 bits per heavy atom. The summed E-state index contributed by atoms with van der Waals surface area (Å²) in [6, 6.07) is 70.7. The number of aromatic amines is 5. The summed E-state index contributed by atoms with van der Waals surface area (Å²) in [5.74, 6) is 6.50. The molecule has 0 atom stereocenters. The van der Waals surface area contributed by atoms with Gasteiger partial charge in [0.05, 0.1) is 104 Å². The predicted molar refractivity (Wildman–Crippen MR) is 508 cm³/mol. The zero-order valence-electron chi connectivity index (χ0n) is 71.1. The summed E-state index contributed by atoms with van der Waals surface area (Å²) in [6.07, 6.45) is 0. The molecule has 0 amide bonds. The number of hydrogen-bond donors (Lipinski definition) is 10. The standard InChI is InChI=1S/C20H18ClN5O.2C20H19N5O2.C17H14ClN5O2S.C16H12FN5OS/c1-12-4-3-5-17(13(12)2)22-11-16-10-18(27)26-20(23-16)24-19(25-26)14-6-8-15(21)9-7-14;1-13-7-9-14(10-8-13)19-23-20-22-15(11-18(26)25(20)24-19)12-21-16-5-3-4-6-17(16)27-2;1-13-5-3-4-6-17(13)21-12-15-11-18(26)25-20(22-15)23-19(24-25)14-7-9-16(27-2)10-8-14;1-25-13-5-4-10(18)7-12(13)19-9-11-8-15(24)23-17(20-11)21-16(22-23)14-3-2-6-26-14;17-10-3-5-11(6-4-10)18-9-12-8-14(23)22-16(19-12)20-15(21-22)13-2-1-7-24-13/h3-10,22H,11H2,1-2H3,(H,23,24,25);2*3-11,21H,12H2,1-2H3,(H,22,23,24);2-8,19H,9H2,1H3,(H,20,21,22);1-8,18H,9H2,(H,19,20,21). The Kier molecular flexibility index (Phi) is 27.1. The van der Waals surface area contributed by atoms with E-state index in [0.29, 0.717) is 135 Å². The Labute approximate surface area is 761 Å². The highest BCUT2D eigenvalue weighted by Gasteiger charge is 2.19. The van der Waals surface area contributed by atoms with Gasteiger partial charge in [-0.2, -0.15) is 47.5 Å². The van der Waals surface area contributed by atoms with Crippen molar-refractivity contribution in [3.63, 3.8) is 0 Å². The van der Waals surface area contributed by atoms with Crippen LogP contribution in [0, 0.1) is 33.5 Å². The summed E-state index contributed by atoms with van der Waals surface area (Å²) in [6.45, 7) is 10.1. The Morgan fingerprint density at radius 2 is 0.702 bits per heavy atom. The van der Waals surface area contributed by atoms with Crippen LogP contribution in [-0.2, 0) is 32.7 Å². The van der Waals surface area contributed by atoms with Gasteiger partial charge in [0.15, 0.2) is 29.1 Å². The molecule has 10 N–H and O–H groups in total. The lowest BCUT2D eigenvalue weighted by atomic mass is 10.1. The quantitative estimate of drug-likeness (QED) is 0.0284. The first-order valence-corrected chi connectivity index (χ1v) is 43.2. The summed E-state index contributed by atoms with van der Waals surface area (Å²) >= 11 is 15.0. The number of H-pyrrole nitrogens is 5. The van der Waals surface area contributed by atoms with E-state index < -0.39 is 0 Å². The van der Waals surface area contributed by atoms with Crippen LogP contribution in [0.1, 0.15) is 50.7 Å². The third-order valence-corrected chi connectivity index (χ3v) is 22.6. The number of para-hydroxylation sites is 3. The van der Waals surface area contributed by atoms with Gasteiger partial charge in [0.1, 0.15) is 23.1 Å². The summed E-state index contributed by atoms with van der Waals surface area (Å²) in [5.41, 5.74) is 13.6. The number of ether oxygens (including phenoxy) is 3. The van der Waals surface area contributed by atoms with E-state index in [1.807, 2.05) is 170 Å². The van der Waals surface area contributed by atoms with Crippen LogP contribution in [0.5, 0.6) is 17.2 Å². The number of anilines is 5. The summed E-state index contributed by atoms with van der Waals surface area (Å²) in [4.78, 5) is 108. The number of nitrogens with one attached hydrogen (secondary N) is 10. The molecule has 0 fully saturated rings. The van der Waals surface area contributed by atoms with Gasteiger partial charge in [-0.1, -0.05) is 108 Å². The Hall–Kier alpha value is -16.2. The Bertz CT molecular complexity index is 7740. The van der Waals surface area contributed by atoms with Crippen LogP contribution >= 0.6 is 45.9 Å². The van der Waals surface area contributed by atoms with E-state index in [1.54, 1.807) is 63.8 Å². The maximum atomic E-state index is 12.9. The molecule has 20 aromatic rings. The highest BCUT2D eigenvalue weighted by Crippen LogP contribution is 2.31. The molecular formula is C93H82Cl2FN25O8S2. The SMILES string of the molecule is COc1ccc(-c2nc3nc(CNc4ccccc4C)cc(=O)n3[nH]2)cc1.COc1ccc(Cl)cc1NCc1cc(=O)n2[nH]c(-c3cccs3)nc2n1.COc1ccccc1NCc1cc(=O)n2[nH]c(-c3ccc(C)cc3)nc2n1.Cc1cccc(NCc2cc(=O)n3[nH]c(-c4ccc(Cl)cc4)nc3n2)c1C.O=c1cc(CNc2ccc(F)cc2)nc2nc(-c3cccs3)[nH]n12. The van der Waals surface area contributed by atoms with Crippen molar-refractivity contribution in [1.82, 2.24) is 97.9 Å². The van der Waals surface area contributed by atoms with Crippen LogP contribution < -0.4 is 68.6 Å². The van der Waals surface area contributed by atoms with E-state index in [0.717, 1.165) is 77.5 Å². The summed E-state index contributed by atoms with van der Waals surface area (Å²) in [7, 11) is 4.82. The highest BCUT2D eigenvalue weighted by molar-refractivity contribution is 7.13. The molecular weight excluding hydrogens is 1750 g/mol. The van der Waals surface area contributed by atoms with Crippen molar-refractivity contribution in [3.8, 4) is 72.8 Å². The van der Waals surface area contributed by atoms with Crippen LogP contribution in [0.3, 0.4) is 0 Å². The fraction of sp³-hybridized carbons (Fsp3) is 0.129. The average molecular weight is 1830 g/mol. The van der Waals surface area contributed by atoms with Crippen LogP contribution in [0.2, 0.25) is 10.0 Å². The molecule has 0 aliphatic carbocycles. The van der Waals surface area contributed by atoms with Crippen molar-refractivity contribution in [2.75, 3.05) is 47.9 Å². The number of halogens is 3. The maximum Gasteiger partial charge on any atom is 0.274 e. The molecule has 12 aromatic heterocycles. The Balaban J connectivity index is 0.000000120. The predicted octanol–water partition coefficient (Wildman–Crippen LogP) is 16.3. The topological polar surface area (TPSA) is 403 Å². The van der Waals surface area contributed by atoms with Gasteiger partial charge >= 0.3 is 0 Å². The largest absolute Gasteiger partial charge is 0.497 e. The fourth-order valence-electron chi connectivity index (χ4n) is 13.4. The van der Waals surface area contributed by atoms with Gasteiger partial charge in [-0.25, -0.2) is 29.3 Å². The van der Waals surface area contributed by atoms with Crippen molar-refractivity contribution in [2.24, 2.45) is 0 Å². The normalized spacial score (nSPS) is 11.0. The Morgan fingerprint density at radius 3 is 1.15 bits per heavy atom. The number of hydrogen-bond acceptors (Lipinski definition) is 25. The molecule has 0 unspecified atom stereocenters. The summed E-state index contributed by atoms with van der Waals surface area (Å²) in [5, 5.41) is 36.2. The number of thiophene rings is 2. The first kappa shape index (κ1) is 88.3. The van der Waals surface area contributed by atoms with Crippen molar-refractivity contribution in [2.45, 2.75) is 60.4 Å². The second-order valence-electron chi connectivity index (χ2n) is 29.4. The van der Waals surface area contributed by atoms with Gasteiger partial charge in [0.25, 0.3) is 56.7 Å². The number of fused-ring (bicyclic) bond motifs is 5. The highest BCUT2D eigenvalue weighted by atomic mass is 35.5. The molecule has 8 aromatic carbocycles. The fourth-order valence-corrected chi connectivity index (χ4v) is 15.0. The molecule has 0 aliphatic heterocycles. The molecule has 131 heavy (non-hydrogen) atoms. The van der Waals surface area contributed by atoms with Crippen molar-refractivity contribution in [1.29, 1.82) is 0 Å². The zero-order valence-corrected chi connectivity index (χ0v) is 74.3. The molecule has 33 nitrogen and oxygen atoms in total. The third kappa shape index (κ3) is 21.4. The second-order valence-corrected chi connectivity index (χ2v) is 32.2. The molecule has 12 heterocycles. The van der Waals surface area contributed by atoms with Crippen molar-refractivity contribution >= 4 is 103 Å². The van der Waals surface area contributed by atoms with E-state index in [4.69, 9.17) is 37.4 Å². The first-order chi connectivity index (χ1) is 63.6. The van der Waals surface area contributed by atoms with Crippen LogP contribution in [-0.4, -0.2) is 119 Å². The van der Waals surface area contributed by atoms with Crippen LogP contribution in [0.15, 0.2) is 271 Å². The number of nitrogens with zero attached hydrogens (tertiary/aromatic N) is 15. The van der Waals surface area contributed by atoms with Gasteiger partial charge in [0.2, 0.25) is 0 Å². The molecule has 0 aliphatic rings. The lowest BCUT2D eigenvalue weighted by molar-refractivity contribution is 0.415. The number of aromatic nitrogens is 20. The molecule has 38 heteroatoms. The number of methoxy groups -OCH3 is 3. The van der Waals surface area contributed by atoms with E-state index in [2.05, 4.69) is 122 Å². The van der Waals surface area contributed by atoms with Crippen molar-refractivity contribution < 1.29 is 18.6 Å². The summed E-state index contributed by atoms with van der Waals surface area (Å²) < 4.78 is 35.4. The minimum atomic E-state index is -0.295. The van der Waals surface area contributed by atoms with E-state index in [9.17, 15) is 28.4 Å². The van der Waals surface area contributed by atoms with E-state index in [1.165, 1.54) is 98.8 Å². The number of aryl methyl sites for hydroxylation is 3. The van der Waals surface area contributed by atoms with Gasteiger partial charge in [-0.15, -0.1) is 22.7 Å². The van der Waals surface area contributed by atoms with Gasteiger partial charge < -0.3 is 40.8 Å². The molecule has 0 saturated heterocycles.